The number of hydrogen-bond acceptors (Lipinski definition) is 6. The van der Waals surface area contributed by atoms with Crippen LogP contribution in [0.15, 0.2) is 47.9 Å². The highest BCUT2D eigenvalue weighted by molar-refractivity contribution is 7.99. The molecule has 0 unspecified atom stereocenters. The number of H-pyrrole nitrogens is 1. The number of anilines is 1. The van der Waals surface area contributed by atoms with Gasteiger partial charge in [0.1, 0.15) is 23.1 Å². The summed E-state index contributed by atoms with van der Waals surface area (Å²) in [5, 5.41) is 11.5. The molecular weight excluding hydrogens is 368 g/mol. The predicted octanol–water partition coefficient (Wildman–Crippen LogP) is 3.52. The van der Waals surface area contributed by atoms with Gasteiger partial charge in [0.15, 0.2) is 0 Å². The lowest BCUT2D eigenvalue weighted by molar-refractivity contribution is 0.254. The second kappa shape index (κ2) is 9.09. The van der Waals surface area contributed by atoms with E-state index in [1.54, 1.807) is 6.33 Å². The van der Waals surface area contributed by atoms with Gasteiger partial charge in [-0.25, -0.2) is 9.97 Å². The van der Waals surface area contributed by atoms with Crippen LogP contribution < -0.4 is 4.90 Å². The fourth-order valence-corrected chi connectivity index (χ4v) is 4.61. The minimum absolute atomic E-state index is 0.772. The number of para-hydroxylation sites is 1. The molecule has 1 aromatic carbocycles. The van der Waals surface area contributed by atoms with Gasteiger partial charge >= 0.3 is 0 Å². The number of piperazine rings is 1. The number of unbranched alkanes of at least 4 members (excludes halogenated alkanes) is 1. The van der Waals surface area contributed by atoms with Gasteiger partial charge in [0.05, 0.1) is 16.6 Å². The lowest BCUT2D eigenvalue weighted by Crippen LogP contribution is -2.46. The highest BCUT2D eigenvalue weighted by Crippen LogP contribution is 2.25. The van der Waals surface area contributed by atoms with Crippen molar-refractivity contribution in [2.45, 2.75) is 17.9 Å². The molecule has 0 radical (unpaired) electrons. The van der Waals surface area contributed by atoms with E-state index in [-0.39, 0.29) is 0 Å². The maximum absolute atomic E-state index is 9.30. The smallest absolute Gasteiger partial charge is 0.141 e. The highest BCUT2D eigenvalue weighted by Gasteiger charge is 2.18. The van der Waals surface area contributed by atoms with Crippen molar-refractivity contribution in [3.05, 3.63) is 48.4 Å². The molecule has 4 rings (SSSR count). The molecule has 1 aliphatic rings. The summed E-state index contributed by atoms with van der Waals surface area (Å²) in [5.74, 6) is 1.08. The average molecular weight is 393 g/mol. The van der Waals surface area contributed by atoms with E-state index in [1.165, 1.54) is 12.8 Å². The first-order valence-electron chi connectivity index (χ1n) is 9.72. The van der Waals surface area contributed by atoms with Gasteiger partial charge in [-0.05, 0) is 43.3 Å². The topological polar surface area (TPSA) is 71.8 Å². The van der Waals surface area contributed by atoms with Gasteiger partial charge in [0, 0.05) is 32.4 Å². The molecule has 0 spiro atoms. The number of nitrogens with one attached hydrogen (secondary N) is 1. The van der Waals surface area contributed by atoms with E-state index in [0.717, 1.165) is 65.8 Å². The van der Waals surface area contributed by atoms with Crippen LogP contribution in [0.5, 0.6) is 0 Å². The van der Waals surface area contributed by atoms with Crippen LogP contribution in [0.3, 0.4) is 0 Å². The first kappa shape index (κ1) is 18.8. The fourth-order valence-electron chi connectivity index (χ4n) is 3.63. The van der Waals surface area contributed by atoms with Crippen LogP contribution in [0, 0.1) is 11.3 Å². The van der Waals surface area contributed by atoms with Crippen molar-refractivity contribution < 1.29 is 0 Å². The van der Waals surface area contributed by atoms with E-state index in [1.807, 2.05) is 42.2 Å². The molecule has 3 heterocycles. The minimum Gasteiger partial charge on any atom is -0.368 e. The van der Waals surface area contributed by atoms with E-state index >= 15 is 0 Å². The molecule has 1 aliphatic heterocycles. The Morgan fingerprint density at radius 2 is 1.93 bits per heavy atom. The van der Waals surface area contributed by atoms with Gasteiger partial charge < -0.3 is 9.88 Å². The highest BCUT2D eigenvalue weighted by atomic mass is 32.2. The van der Waals surface area contributed by atoms with E-state index in [4.69, 9.17) is 0 Å². The Morgan fingerprint density at radius 3 is 2.79 bits per heavy atom. The lowest BCUT2D eigenvalue weighted by atomic mass is 10.1. The van der Waals surface area contributed by atoms with Crippen molar-refractivity contribution >= 4 is 28.5 Å². The lowest BCUT2D eigenvalue weighted by Gasteiger charge is -2.36. The third-order valence-corrected chi connectivity index (χ3v) is 6.25. The van der Waals surface area contributed by atoms with Crippen LogP contribution in [0.1, 0.15) is 18.4 Å². The van der Waals surface area contributed by atoms with E-state index in [2.05, 4.69) is 36.9 Å². The van der Waals surface area contributed by atoms with Gasteiger partial charge in [-0.2, -0.15) is 5.26 Å². The number of rotatable bonds is 7. The van der Waals surface area contributed by atoms with Gasteiger partial charge in [-0.15, -0.1) is 11.8 Å². The van der Waals surface area contributed by atoms with Gasteiger partial charge in [0.2, 0.25) is 0 Å². The molecule has 1 N–H and O–H groups in total. The third-order valence-electron chi connectivity index (χ3n) is 5.16. The molecule has 28 heavy (non-hydrogen) atoms. The molecule has 2 aromatic heterocycles. The number of hydrogen-bond donors (Lipinski definition) is 1. The molecule has 0 aliphatic carbocycles. The largest absolute Gasteiger partial charge is 0.368 e. The van der Waals surface area contributed by atoms with E-state index < -0.39 is 0 Å². The summed E-state index contributed by atoms with van der Waals surface area (Å²) in [4.78, 5) is 16.7. The van der Waals surface area contributed by atoms with Crippen LogP contribution in [0.4, 0.5) is 5.69 Å². The SMILES string of the molecule is N#Cc1ccccc1N1CCN(CCCCSc2ncnc3[nH]ccc23)CC1. The number of aromatic nitrogens is 3. The Hall–Kier alpha value is -2.56. The maximum atomic E-state index is 9.30. The van der Waals surface area contributed by atoms with Crippen molar-refractivity contribution in [1.29, 1.82) is 5.26 Å². The third kappa shape index (κ3) is 4.29. The van der Waals surface area contributed by atoms with Crippen LogP contribution in [-0.4, -0.2) is 58.3 Å². The number of nitrogens with zero attached hydrogens (tertiary/aromatic N) is 5. The fraction of sp³-hybridized carbons (Fsp3) is 0.381. The predicted molar refractivity (Wildman–Crippen MR) is 114 cm³/mol. The second-order valence-corrected chi connectivity index (χ2v) is 8.02. The zero-order valence-electron chi connectivity index (χ0n) is 15.8. The summed E-state index contributed by atoms with van der Waals surface area (Å²) in [6, 6.07) is 12.2. The Morgan fingerprint density at radius 1 is 1.07 bits per heavy atom. The molecule has 1 saturated heterocycles. The zero-order valence-corrected chi connectivity index (χ0v) is 16.7. The quantitative estimate of drug-likeness (QED) is 0.377. The van der Waals surface area contributed by atoms with Crippen LogP contribution in [0.25, 0.3) is 11.0 Å². The molecule has 0 atom stereocenters. The van der Waals surface area contributed by atoms with Crippen molar-refractivity contribution in [2.24, 2.45) is 0 Å². The Labute approximate surface area is 169 Å². The zero-order chi connectivity index (χ0) is 19.2. The molecule has 1 fully saturated rings. The molecule has 144 valence electrons. The van der Waals surface area contributed by atoms with Crippen molar-refractivity contribution in [3.8, 4) is 6.07 Å². The van der Waals surface area contributed by atoms with Gasteiger partial charge in [-0.1, -0.05) is 12.1 Å². The van der Waals surface area contributed by atoms with Crippen molar-refractivity contribution in [3.63, 3.8) is 0 Å². The van der Waals surface area contributed by atoms with Crippen molar-refractivity contribution in [2.75, 3.05) is 43.4 Å². The molecule has 0 saturated carbocycles. The van der Waals surface area contributed by atoms with E-state index in [0.29, 0.717) is 0 Å². The molecule has 0 amide bonds. The summed E-state index contributed by atoms with van der Waals surface area (Å²) in [7, 11) is 0. The summed E-state index contributed by atoms with van der Waals surface area (Å²) < 4.78 is 0. The Bertz CT molecular complexity index is 955. The van der Waals surface area contributed by atoms with Crippen LogP contribution in [0.2, 0.25) is 0 Å². The second-order valence-electron chi connectivity index (χ2n) is 6.93. The Balaban J connectivity index is 1.18. The summed E-state index contributed by atoms with van der Waals surface area (Å²) in [6.45, 7) is 5.23. The van der Waals surface area contributed by atoms with E-state index in [9.17, 15) is 5.26 Å². The average Bonchev–Trinajstić information content (AvgIpc) is 3.24. The van der Waals surface area contributed by atoms with Crippen molar-refractivity contribution in [1.82, 2.24) is 19.9 Å². The molecular formula is C21H24N6S. The number of aromatic amines is 1. The summed E-state index contributed by atoms with van der Waals surface area (Å²) >= 11 is 1.81. The molecule has 3 aromatic rings. The molecule has 0 bridgehead atoms. The van der Waals surface area contributed by atoms with Gasteiger partial charge in [-0.3, -0.25) is 4.90 Å². The monoisotopic (exact) mass is 392 g/mol. The first-order valence-corrected chi connectivity index (χ1v) is 10.7. The first-order chi connectivity index (χ1) is 13.8. The Kier molecular flexibility index (Phi) is 6.10. The normalized spacial score (nSPS) is 15.0. The molecule has 6 nitrogen and oxygen atoms in total. The summed E-state index contributed by atoms with van der Waals surface area (Å²) in [5.41, 5.74) is 2.75. The number of thioether (sulfide) groups is 1. The van der Waals surface area contributed by atoms with Crippen LogP contribution >= 0.6 is 11.8 Å². The van der Waals surface area contributed by atoms with Gasteiger partial charge in [0.25, 0.3) is 0 Å². The standard InChI is InChI=1S/C21H24N6S/c22-15-17-5-1-2-6-19(17)27-12-10-26(11-13-27)9-3-4-14-28-21-18-7-8-23-20(18)24-16-25-21/h1-2,5-8,16H,3-4,9-14H2,(H,23,24,25). The van der Waals surface area contributed by atoms with Crippen LogP contribution in [-0.2, 0) is 0 Å². The number of benzene rings is 1. The summed E-state index contributed by atoms with van der Waals surface area (Å²) in [6.07, 6.45) is 5.92. The number of nitriles is 1. The maximum Gasteiger partial charge on any atom is 0.141 e. The minimum atomic E-state index is 0.772. The molecule has 7 heteroatoms. The number of fused-ring (bicyclic) bond motifs is 1.